The van der Waals surface area contributed by atoms with E-state index in [1.165, 1.54) is 0 Å². The van der Waals surface area contributed by atoms with Crippen LogP contribution in [0, 0.1) is 0 Å². The van der Waals surface area contributed by atoms with Gasteiger partial charge in [0, 0.05) is 19.6 Å². The molecule has 0 aromatic rings. The Balaban J connectivity index is 3.30. The third-order valence-electron chi connectivity index (χ3n) is 2.44. The van der Waals surface area contributed by atoms with Crippen LogP contribution >= 0.6 is 0 Å². The maximum atomic E-state index is 11.2. The molecule has 0 aromatic carbocycles. The molecule has 0 spiro atoms. The minimum atomic E-state index is -0.928. The van der Waals surface area contributed by atoms with Gasteiger partial charge in [-0.15, -0.1) is 0 Å². The second-order valence-corrected chi connectivity index (χ2v) is 4.28. The number of methoxy groups -OCH3 is 1. The van der Waals surface area contributed by atoms with E-state index in [2.05, 4.69) is 16.6 Å². The van der Waals surface area contributed by atoms with Crippen LogP contribution in [-0.4, -0.2) is 57.7 Å². The van der Waals surface area contributed by atoms with Gasteiger partial charge in [-0.05, 0) is 18.9 Å². The van der Waals surface area contributed by atoms with E-state index in [0.717, 1.165) is 7.11 Å². The lowest BCUT2D eigenvalue weighted by Gasteiger charge is -2.06. The van der Waals surface area contributed by atoms with E-state index in [4.69, 9.17) is 9.47 Å². The number of hydrogen-bond donors (Lipinski definition) is 1. The molecular formula is C14H23NO6. The van der Waals surface area contributed by atoms with Crippen molar-refractivity contribution in [2.75, 3.05) is 40.1 Å². The molecule has 0 radical (unpaired) electrons. The molecule has 0 atom stereocenters. The molecular weight excluding hydrogens is 278 g/mol. The van der Waals surface area contributed by atoms with Gasteiger partial charge in [0.05, 0.1) is 26.9 Å². The molecule has 0 saturated heterocycles. The highest BCUT2D eigenvalue weighted by Gasteiger charge is 2.11. The van der Waals surface area contributed by atoms with Gasteiger partial charge in [0.1, 0.15) is 0 Å². The second kappa shape index (κ2) is 12.0. The SMILES string of the molecule is C=C(C)C(=O)CCCOCCOCCNC(=O)C(=O)OC. The lowest BCUT2D eigenvalue weighted by Crippen LogP contribution is -2.34. The van der Waals surface area contributed by atoms with Crippen molar-refractivity contribution in [3.05, 3.63) is 12.2 Å². The van der Waals surface area contributed by atoms with Crippen LogP contribution in [0.15, 0.2) is 12.2 Å². The molecule has 21 heavy (non-hydrogen) atoms. The monoisotopic (exact) mass is 301 g/mol. The van der Waals surface area contributed by atoms with Crippen molar-refractivity contribution in [2.45, 2.75) is 19.8 Å². The van der Waals surface area contributed by atoms with Crippen LogP contribution in [0.5, 0.6) is 0 Å². The summed E-state index contributed by atoms with van der Waals surface area (Å²) in [6, 6.07) is 0. The minimum absolute atomic E-state index is 0.0520. The first-order valence-electron chi connectivity index (χ1n) is 6.69. The molecule has 1 amide bonds. The van der Waals surface area contributed by atoms with E-state index in [1.54, 1.807) is 6.92 Å². The van der Waals surface area contributed by atoms with Gasteiger partial charge in [-0.25, -0.2) is 4.79 Å². The van der Waals surface area contributed by atoms with E-state index < -0.39 is 11.9 Å². The number of ketones is 1. The normalized spacial score (nSPS) is 10.0. The molecule has 0 bridgehead atoms. The zero-order valence-corrected chi connectivity index (χ0v) is 12.6. The first-order valence-corrected chi connectivity index (χ1v) is 6.69. The van der Waals surface area contributed by atoms with E-state index in [-0.39, 0.29) is 18.9 Å². The van der Waals surface area contributed by atoms with Crippen molar-refractivity contribution in [1.29, 1.82) is 0 Å². The van der Waals surface area contributed by atoms with Crippen LogP contribution in [0.3, 0.4) is 0 Å². The van der Waals surface area contributed by atoms with Crippen LogP contribution in [0.2, 0.25) is 0 Å². The number of amides is 1. The lowest BCUT2D eigenvalue weighted by atomic mass is 10.1. The highest BCUT2D eigenvalue weighted by molar-refractivity contribution is 6.32. The predicted octanol–water partition coefficient (Wildman–Crippen LogP) is 0.234. The zero-order valence-electron chi connectivity index (χ0n) is 12.6. The third-order valence-corrected chi connectivity index (χ3v) is 2.44. The molecule has 0 unspecified atom stereocenters. The minimum Gasteiger partial charge on any atom is -0.462 e. The number of rotatable bonds is 11. The van der Waals surface area contributed by atoms with Crippen LogP contribution < -0.4 is 5.32 Å². The first-order chi connectivity index (χ1) is 9.99. The van der Waals surface area contributed by atoms with Gasteiger partial charge in [-0.3, -0.25) is 9.59 Å². The second-order valence-electron chi connectivity index (χ2n) is 4.28. The van der Waals surface area contributed by atoms with Crippen LogP contribution in [0.1, 0.15) is 19.8 Å². The molecule has 7 nitrogen and oxygen atoms in total. The maximum Gasteiger partial charge on any atom is 0.396 e. The average Bonchev–Trinajstić information content (AvgIpc) is 2.47. The summed E-state index contributed by atoms with van der Waals surface area (Å²) in [5, 5.41) is 2.34. The van der Waals surface area contributed by atoms with E-state index in [1.807, 2.05) is 0 Å². The number of hydrogen-bond acceptors (Lipinski definition) is 6. The number of carbonyl (C=O) groups excluding carboxylic acids is 3. The summed E-state index contributed by atoms with van der Waals surface area (Å²) >= 11 is 0. The van der Waals surface area contributed by atoms with Crippen molar-refractivity contribution in [1.82, 2.24) is 5.32 Å². The molecule has 0 aliphatic rings. The Hall–Kier alpha value is -1.73. The molecule has 0 aliphatic heterocycles. The number of allylic oxidation sites excluding steroid dienone is 1. The van der Waals surface area contributed by atoms with Crippen LogP contribution in [0.25, 0.3) is 0 Å². The Labute approximate surface area is 124 Å². The summed E-state index contributed by atoms with van der Waals surface area (Å²) in [6.45, 7) is 7.04. The maximum absolute atomic E-state index is 11.2. The quantitative estimate of drug-likeness (QED) is 0.254. The van der Waals surface area contributed by atoms with Gasteiger partial charge in [0.2, 0.25) is 0 Å². The number of ether oxygens (including phenoxy) is 3. The highest BCUT2D eigenvalue weighted by Crippen LogP contribution is 1.99. The highest BCUT2D eigenvalue weighted by atomic mass is 16.5. The number of nitrogens with one attached hydrogen (secondary N) is 1. The summed E-state index contributed by atoms with van der Waals surface area (Å²) in [4.78, 5) is 33.0. The van der Waals surface area contributed by atoms with Crippen molar-refractivity contribution < 1.29 is 28.6 Å². The van der Waals surface area contributed by atoms with Crippen molar-refractivity contribution >= 4 is 17.7 Å². The van der Waals surface area contributed by atoms with Gasteiger partial charge in [0.15, 0.2) is 5.78 Å². The topological polar surface area (TPSA) is 90.9 Å². The molecule has 0 saturated carbocycles. The Morgan fingerprint density at radius 1 is 1.05 bits per heavy atom. The fraction of sp³-hybridized carbons (Fsp3) is 0.643. The molecule has 0 aliphatic carbocycles. The summed E-state index contributed by atoms with van der Waals surface area (Å²) < 4.78 is 14.7. The Morgan fingerprint density at radius 2 is 1.67 bits per heavy atom. The molecule has 0 rings (SSSR count). The Morgan fingerprint density at radius 3 is 2.24 bits per heavy atom. The molecule has 120 valence electrons. The van der Waals surface area contributed by atoms with E-state index >= 15 is 0 Å². The van der Waals surface area contributed by atoms with Crippen molar-refractivity contribution in [3.8, 4) is 0 Å². The summed E-state index contributed by atoms with van der Waals surface area (Å²) in [6.07, 6.45) is 1.09. The van der Waals surface area contributed by atoms with Crippen molar-refractivity contribution in [3.63, 3.8) is 0 Å². The smallest absolute Gasteiger partial charge is 0.396 e. The largest absolute Gasteiger partial charge is 0.462 e. The predicted molar refractivity (Wildman–Crippen MR) is 75.7 cm³/mol. The number of esters is 1. The van der Waals surface area contributed by atoms with Crippen molar-refractivity contribution in [2.24, 2.45) is 0 Å². The number of Topliss-reactive ketones (excluding diaryl/α,β-unsaturated/α-hetero) is 1. The lowest BCUT2D eigenvalue weighted by molar-refractivity contribution is -0.152. The molecule has 7 heteroatoms. The Kier molecular flexibility index (Phi) is 11.1. The molecule has 0 fully saturated rings. The van der Waals surface area contributed by atoms with Gasteiger partial charge < -0.3 is 19.5 Å². The number of carbonyl (C=O) groups is 3. The Bertz CT molecular complexity index is 366. The molecule has 1 N–H and O–H groups in total. The fourth-order valence-corrected chi connectivity index (χ4v) is 1.27. The van der Waals surface area contributed by atoms with Gasteiger partial charge in [-0.1, -0.05) is 6.58 Å². The van der Waals surface area contributed by atoms with Crippen LogP contribution in [-0.2, 0) is 28.6 Å². The zero-order chi connectivity index (χ0) is 16.1. The van der Waals surface area contributed by atoms with Gasteiger partial charge in [0.25, 0.3) is 0 Å². The third kappa shape index (κ3) is 10.7. The molecule has 0 aromatic heterocycles. The standard InChI is InChI=1S/C14H23NO6/c1-11(2)12(16)5-4-7-20-9-10-21-8-6-15-13(17)14(18)19-3/h1,4-10H2,2-3H3,(H,15,17). The summed E-state index contributed by atoms with van der Waals surface area (Å²) in [7, 11) is 1.14. The first kappa shape index (κ1) is 19.3. The average molecular weight is 301 g/mol. The van der Waals surface area contributed by atoms with Gasteiger partial charge in [-0.2, -0.15) is 0 Å². The fourth-order valence-electron chi connectivity index (χ4n) is 1.27. The summed E-state index contributed by atoms with van der Waals surface area (Å²) in [5.41, 5.74) is 0.562. The summed E-state index contributed by atoms with van der Waals surface area (Å²) in [5.74, 6) is -1.67. The van der Waals surface area contributed by atoms with Crippen LogP contribution in [0.4, 0.5) is 0 Å². The van der Waals surface area contributed by atoms with E-state index in [0.29, 0.717) is 38.2 Å². The molecule has 0 heterocycles. The van der Waals surface area contributed by atoms with Gasteiger partial charge >= 0.3 is 11.9 Å². The van der Waals surface area contributed by atoms with E-state index in [9.17, 15) is 14.4 Å².